The SMILES string of the molecule is CC(C)C(C)(C)CNCc1ccc(O)c(F)c1. The van der Waals surface area contributed by atoms with E-state index in [1.807, 2.05) is 0 Å². The zero-order chi connectivity index (χ0) is 13.1. The summed E-state index contributed by atoms with van der Waals surface area (Å²) in [6.07, 6.45) is 0. The summed E-state index contributed by atoms with van der Waals surface area (Å²) in [7, 11) is 0. The van der Waals surface area contributed by atoms with Crippen LogP contribution in [0.1, 0.15) is 33.3 Å². The molecule has 0 saturated carbocycles. The first-order valence-electron chi connectivity index (χ1n) is 6.01. The van der Waals surface area contributed by atoms with Crippen LogP contribution in [0, 0.1) is 17.2 Å². The van der Waals surface area contributed by atoms with Gasteiger partial charge >= 0.3 is 0 Å². The van der Waals surface area contributed by atoms with Crippen LogP contribution < -0.4 is 5.32 Å². The number of nitrogens with one attached hydrogen (secondary N) is 1. The van der Waals surface area contributed by atoms with Gasteiger partial charge in [0.2, 0.25) is 0 Å². The van der Waals surface area contributed by atoms with E-state index in [0.717, 1.165) is 12.1 Å². The minimum Gasteiger partial charge on any atom is -0.505 e. The van der Waals surface area contributed by atoms with Crippen molar-refractivity contribution >= 4 is 0 Å². The number of phenols is 1. The highest BCUT2D eigenvalue weighted by atomic mass is 19.1. The molecule has 0 atom stereocenters. The van der Waals surface area contributed by atoms with Crippen LogP contribution >= 0.6 is 0 Å². The third kappa shape index (κ3) is 4.00. The largest absolute Gasteiger partial charge is 0.505 e. The maximum atomic E-state index is 13.1. The Hall–Kier alpha value is -1.09. The molecule has 0 fully saturated rings. The van der Waals surface area contributed by atoms with Crippen LogP contribution in [0.5, 0.6) is 5.75 Å². The van der Waals surface area contributed by atoms with Crippen molar-refractivity contribution in [2.24, 2.45) is 11.3 Å². The van der Waals surface area contributed by atoms with E-state index in [1.54, 1.807) is 6.07 Å². The Balaban J connectivity index is 2.49. The normalized spacial score (nSPS) is 12.1. The van der Waals surface area contributed by atoms with Gasteiger partial charge in [0.25, 0.3) is 0 Å². The average Bonchev–Trinajstić information content (AvgIpc) is 2.23. The van der Waals surface area contributed by atoms with Gasteiger partial charge in [-0.3, -0.25) is 0 Å². The van der Waals surface area contributed by atoms with E-state index >= 15 is 0 Å². The minimum atomic E-state index is -0.563. The molecular formula is C14H22FNO. The topological polar surface area (TPSA) is 32.3 Å². The molecule has 0 aliphatic carbocycles. The average molecular weight is 239 g/mol. The molecule has 1 aromatic carbocycles. The Morgan fingerprint density at radius 3 is 2.53 bits per heavy atom. The van der Waals surface area contributed by atoms with Crippen molar-refractivity contribution in [3.63, 3.8) is 0 Å². The zero-order valence-electron chi connectivity index (χ0n) is 11.0. The fraction of sp³-hybridized carbons (Fsp3) is 0.571. The fourth-order valence-electron chi connectivity index (χ4n) is 1.39. The molecule has 0 amide bonds. The van der Waals surface area contributed by atoms with Crippen LogP contribution in [-0.4, -0.2) is 11.7 Å². The molecule has 1 rings (SSSR count). The van der Waals surface area contributed by atoms with Crippen molar-refractivity contribution in [1.29, 1.82) is 0 Å². The van der Waals surface area contributed by atoms with Crippen LogP contribution in [0.2, 0.25) is 0 Å². The Morgan fingerprint density at radius 1 is 1.35 bits per heavy atom. The van der Waals surface area contributed by atoms with Gasteiger partial charge < -0.3 is 10.4 Å². The number of aromatic hydroxyl groups is 1. The van der Waals surface area contributed by atoms with Gasteiger partial charge in [-0.05, 0) is 29.0 Å². The molecule has 0 heterocycles. The Bertz CT molecular complexity index is 374. The van der Waals surface area contributed by atoms with E-state index < -0.39 is 5.82 Å². The summed E-state index contributed by atoms with van der Waals surface area (Å²) in [5.41, 5.74) is 1.06. The highest BCUT2D eigenvalue weighted by Crippen LogP contribution is 2.24. The highest BCUT2D eigenvalue weighted by molar-refractivity contribution is 5.27. The number of phenolic OH excluding ortho intramolecular Hbond substituents is 1. The predicted octanol–water partition coefficient (Wildman–Crippen LogP) is 3.30. The molecule has 0 unspecified atom stereocenters. The van der Waals surface area contributed by atoms with Crippen molar-refractivity contribution in [1.82, 2.24) is 5.32 Å². The summed E-state index contributed by atoms with van der Waals surface area (Å²) in [6.45, 7) is 10.3. The van der Waals surface area contributed by atoms with Gasteiger partial charge in [0.05, 0.1) is 0 Å². The van der Waals surface area contributed by atoms with Crippen molar-refractivity contribution in [2.75, 3.05) is 6.54 Å². The minimum absolute atomic E-state index is 0.218. The van der Waals surface area contributed by atoms with Gasteiger partial charge in [0, 0.05) is 13.1 Å². The van der Waals surface area contributed by atoms with Crippen LogP contribution in [0.3, 0.4) is 0 Å². The van der Waals surface area contributed by atoms with E-state index in [-0.39, 0.29) is 11.2 Å². The summed E-state index contributed by atoms with van der Waals surface area (Å²) in [5.74, 6) is -0.268. The maximum Gasteiger partial charge on any atom is 0.165 e. The first-order valence-corrected chi connectivity index (χ1v) is 6.01. The molecule has 0 bridgehead atoms. The molecule has 96 valence electrons. The first-order chi connectivity index (χ1) is 7.83. The van der Waals surface area contributed by atoms with E-state index in [2.05, 4.69) is 33.0 Å². The number of halogens is 1. The van der Waals surface area contributed by atoms with Gasteiger partial charge in [0.15, 0.2) is 11.6 Å². The van der Waals surface area contributed by atoms with Crippen LogP contribution in [0.15, 0.2) is 18.2 Å². The molecular weight excluding hydrogens is 217 g/mol. The quantitative estimate of drug-likeness (QED) is 0.826. The number of benzene rings is 1. The summed E-state index contributed by atoms with van der Waals surface area (Å²) >= 11 is 0. The Kier molecular flexibility index (Phi) is 4.52. The molecule has 2 nitrogen and oxygen atoms in total. The standard InChI is InChI=1S/C14H22FNO/c1-10(2)14(3,4)9-16-8-11-5-6-13(17)12(15)7-11/h5-7,10,16-17H,8-9H2,1-4H3. The predicted molar refractivity (Wildman–Crippen MR) is 68.4 cm³/mol. The first kappa shape index (κ1) is 14.0. The monoisotopic (exact) mass is 239 g/mol. The molecule has 1 aromatic rings. The number of hydrogen-bond acceptors (Lipinski definition) is 2. The lowest BCUT2D eigenvalue weighted by Crippen LogP contribution is -2.33. The molecule has 2 N–H and O–H groups in total. The Morgan fingerprint density at radius 2 is 2.00 bits per heavy atom. The Labute approximate surface area is 103 Å². The molecule has 0 aliphatic heterocycles. The van der Waals surface area contributed by atoms with E-state index in [0.29, 0.717) is 12.5 Å². The smallest absolute Gasteiger partial charge is 0.165 e. The summed E-state index contributed by atoms with van der Waals surface area (Å²) in [4.78, 5) is 0. The lowest BCUT2D eigenvalue weighted by Gasteiger charge is -2.29. The summed E-state index contributed by atoms with van der Waals surface area (Å²) < 4.78 is 13.1. The number of rotatable bonds is 5. The molecule has 0 radical (unpaired) electrons. The van der Waals surface area contributed by atoms with Crippen molar-refractivity contribution < 1.29 is 9.50 Å². The third-order valence-corrected chi connectivity index (χ3v) is 3.48. The molecule has 0 aliphatic rings. The summed E-state index contributed by atoms with van der Waals surface area (Å²) in [5, 5.41) is 12.4. The second-order valence-electron chi connectivity index (χ2n) is 5.53. The molecule has 0 spiro atoms. The van der Waals surface area contributed by atoms with Gasteiger partial charge in [-0.2, -0.15) is 0 Å². The number of hydrogen-bond donors (Lipinski definition) is 2. The van der Waals surface area contributed by atoms with Crippen molar-refractivity contribution in [3.05, 3.63) is 29.6 Å². The lowest BCUT2D eigenvalue weighted by molar-refractivity contribution is 0.238. The van der Waals surface area contributed by atoms with Crippen LogP contribution in [0.4, 0.5) is 4.39 Å². The van der Waals surface area contributed by atoms with E-state index in [1.165, 1.54) is 12.1 Å². The van der Waals surface area contributed by atoms with Crippen LogP contribution in [-0.2, 0) is 6.54 Å². The second-order valence-corrected chi connectivity index (χ2v) is 5.53. The lowest BCUT2D eigenvalue weighted by atomic mass is 9.81. The van der Waals surface area contributed by atoms with Crippen LogP contribution in [0.25, 0.3) is 0 Å². The third-order valence-electron chi connectivity index (χ3n) is 3.48. The maximum absolute atomic E-state index is 13.1. The van der Waals surface area contributed by atoms with E-state index in [4.69, 9.17) is 5.11 Å². The van der Waals surface area contributed by atoms with Crippen molar-refractivity contribution in [3.8, 4) is 5.75 Å². The molecule has 17 heavy (non-hydrogen) atoms. The molecule has 0 saturated heterocycles. The molecule has 0 aromatic heterocycles. The van der Waals surface area contributed by atoms with E-state index in [9.17, 15) is 4.39 Å². The fourth-order valence-corrected chi connectivity index (χ4v) is 1.39. The second kappa shape index (κ2) is 5.50. The van der Waals surface area contributed by atoms with Gasteiger partial charge in [0.1, 0.15) is 0 Å². The van der Waals surface area contributed by atoms with Gasteiger partial charge in [-0.15, -0.1) is 0 Å². The van der Waals surface area contributed by atoms with Gasteiger partial charge in [-0.1, -0.05) is 33.8 Å². The zero-order valence-corrected chi connectivity index (χ0v) is 11.0. The summed E-state index contributed by atoms with van der Waals surface area (Å²) in [6, 6.07) is 4.48. The van der Waals surface area contributed by atoms with Gasteiger partial charge in [-0.25, -0.2) is 4.39 Å². The highest BCUT2D eigenvalue weighted by Gasteiger charge is 2.21. The molecule has 3 heteroatoms. The van der Waals surface area contributed by atoms with Crippen molar-refractivity contribution in [2.45, 2.75) is 34.2 Å².